The minimum atomic E-state index is -4.66. The van der Waals surface area contributed by atoms with Crippen LogP contribution >= 0.6 is 11.8 Å². The maximum absolute atomic E-state index is 13.2. The van der Waals surface area contributed by atoms with Crippen LogP contribution in [-0.4, -0.2) is 27.2 Å². The van der Waals surface area contributed by atoms with Crippen molar-refractivity contribution >= 4 is 11.8 Å². The number of para-hydroxylation sites is 1. The second-order valence-electron chi connectivity index (χ2n) is 3.80. The van der Waals surface area contributed by atoms with E-state index in [-0.39, 0.29) is 23.3 Å². The van der Waals surface area contributed by atoms with Crippen LogP contribution in [0.1, 0.15) is 5.82 Å². The number of aromatic nitrogens is 3. The van der Waals surface area contributed by atoms with Gasteiger partial charge in [0.25, 0.3) is 5.82 Å². The summed E-state index contributed by atoms with van der Waals surface area (Å²) in [6.45, 7) is 0.0831. The summed E-state index contributed by atoms with van der Waals surface area (Å²) < 4.78 is 56.1. The number of rotatable bonds is 5. The standard InChI is InChI=1S/C11H10F4N4OS/c12-7-3-1-2-4-8(7)20-5-6-21-10-18-17-9(19(10)16)11(13,14)15/h1-4H,5-6,16H2. The van der Waals surface area contributed by atoms with E-state index in [1.54, 1.807) is 6.07 Å². The van der Waals surface area contributed by atoms with Gasteiger partial charge in [-0.05, 0) is 12.1 Å². The molecule has 0 atom stereocenters. The monoisotopic (exact) mass is 322 g/mol. The summed E-state index contributed by atoms with van der Waals surface area (Å²) in [6, 6.07) is 5.83. The molecule has 2 N–H and O–H groups in total. The molecule has 0 bridgehead atoms. The Morgan fingerprint density at radius 2 is 1.95 bits per heavy atom. The molecule has 0 unspecified atom stereocenters. The average Bonchev–Trinajstić information content (AvgIpc) is 2.78. The van der Waals surface area contributed by atoms with E-state index >= 15 is 0 Å². The summed E-state index contributed by atoms with van der Waals surface area (Å²) in [4.78, 5) is 0. The lowest BCUT2D eigenvalue weighted by molar-refractivity contribution is -0.146. The number of benzene rings is 1. The predicted molar refractivity (Wildman–Crippen MR) is 67.8 cm³/mol. The second kappa shape index (κ2) is 6.20. The molecule has 0 spiro atoms. The molecule has 0 fully saturated rings. The Morgan fingerprint density at radius 1 is 1.24 bits per heavy atom. The van der Waals surface area contributed by atoms with Crippen molar-refractivity contribution in [2.75, 3.05) is 18.2 Å². The van der Waals surface area contributed by atoms with Crippen molar-refractivity contribution < 1.29 is 22.3 Å². The molecule has 0 radical (unpaired) electrons. The summed E-state index contributed by atoms with van der Waals surface area (Å²) in [5.74, 6) is 3.78. The van der Waals surface area contributed by atoms with E-state index in [9.17, 15) is 17.6 Å². The fourth-order valence-corrected chi connectivity index (χ4v) is 2.09. The number of halogens is 4. The van der Waals surface area contributed by atoms with Gasteiger partial charge >= 0.3 is 6.18 Å². The van der Waals surface area contributed by atoms with Crippen LogP contribution in [0, 0.1) is 5.82 Å². The van der Waals surface area contributed by atoms with Gasteiger partial charge in [-0.2, -0.15) is 13.2 Å². The van der Waals surface area contributed by atoms with Gasteiger partial charge in [-0.1, -0.05) is 23.9 Å². The van der Waals surface area contributed by atoms with Gasteiger partial charge in [0, 0.05) is 5.75 Å². The zero-order valence-electron chi connectivity index (χ0n) is 10.5. The minimum absolute atomic E-state index is 0.0725. The minimum Gasteiger partial charge on any atom is -0.490 e. The molecule has 2 rings (SSSR count). The molecule has 0 aliphatic rings. The van der Waals surface area contributed by atoms with Gasteiger partial charge < -0.3 is 10.6 Å². The number of hydrogen-bond acceptors (Lipinski definition) is 5. The molecule has 2 aromatic rings. The third-order valence-electron chi connectivity index (χ3n) is 2.33. The molecule has 0 aliphatic heterocycles. The molecular weight excluding hydrogens is 312 g/mol. The lowest BCUT2D eigenvalue weighted by Gasteiger charge is -2.07. The topological polar surface area (TPSA) is 66.0 Å². The lowest BCUT2D eigenvalue weighted by atomic mass is 10.3. The smallest absolute Gasteiger partial charge is 0.453 e. The van der Waals surface area contributed by atoms with Crippen molar-refractivity contribution in [2.45, 2.75) is 11.3 Å². The summed E-state index contributed by atoms with van der Waals surface area (Å²) >= 11 is 0.926. The van der Waals surface area contributed by atoms with E-state index in [1.165, 1.54) is 18.2 Å². The fourth-order valence-electron chi connectivity index (χ4n) is 1.42. The molecule has 21 heavy (non-hydrogen) atoms. The van der Waals surface area contributed by atoms with Crippen LogP contribution < -0.4 is 10.6 Å². The van der Waals surface area contributed by atoms with Crippen molar-refractivity contribution in [1.29, 1.82) is 0 Å². The molecule has 0 saturated carbocycles. The Balaban J connectivity index is 1.87. The Labute approximate surface area is 121 Å². The van der Waals surface area contributed by atoms with E-state index in [1.807, 2.05) is 0 Å². The first-order chi connectivity index (χ1) is 9.89. The second-order valence-corrected chi connectivity index (χ2v) is 4.86. The summed E-state index contributed by atoms with van der Waals surface area (Å²) in [5.41, 5.74) is 0. The molecule has 0 saturated heterocycles. The first-order valence-electron chi connectivity index (χ1n) is 5.67. The van der Waals surface area contributed by atoms with Gasteiger partial charge in [0.2, 0.25) is 5.16 Å². The van der Waals surface area contributed by atoms with Gasteiger partial charge in [0.1, 0.15) is 0 Å². The van der Waals surface area contributed by atoms with Gasteiger partial charge in [0.05, 0.1) is 6.61 Å². The van der Waals surface area contributed by atoms with Crippen molar-refractivity contribution in [3.8, 4) is 5.75 Å². The van der Waals surface area contributed by atoms with E-state index in [2.05, 4.69) is 10.2 Å². The molecule has 0 aliphatic carbocycles. The molecular formula is C11H10F4N4OS. The zero-order valence-corrected chi connectivity index (χ0v) is 11.3. The van der Waals surface area contributed by atoms with Crippen LogP contribution in [-0.2, 0) is 6.18 Å². The van der Waals surface area contributed by atoms with Crippen molar-refractivity contribution in [3.63, 3.8) is 0 Å². The highest BCUT2D eigenvalue weighted by molar-refractivity contribution is 7.99. The largest absolute Gasteiger partial charge is 0.490 e. The molecule has 1 heterocycles. The highest BCUT2D eigenvalue weighted by atomic mass is 32.2. The van der Waals surface area contributed by atoms with Gasteiger partial charge in [-0.15, -0.1) is 10.2 Å². The molecule has 10 heteroatoms. The molecule has 0 amide bonds. The number of hydrogen-bond donors (Lipinski definition) is 1. The van der Waals surface area contributed by atoms with Crippen LogP contribution in [0.2, 0.25) is 0 Å². The first kappa shape index (κ1) is 15.4. The Hall–Kier alpha value is -1.97. The molecule has 1 aromatic carbocycles. The predicted octanol–water partition coefficient (Wildman–Crippen LogP) is 2.32. The van der Waals surface area contributed by atoms with E-state index in [4.69, 9.17) is 10.6 Å². The molecule has 5 nitrogen and oxygen atoms in total. The first-order valence-corrected chi connectivity index (χ1v) is 6.66. The molecule has 1 aromatic heterocycles. The van der Waals surface area contributed by atoms with Crippen molar-refractivity contribution in [3.05, 3.63) is 35.9 Å². The third-order valence-corrected chi connectivity index (χ3v) is 3.23. The normalized spacial score (nSPS) is 11.6. The summed E-state index contributed by atoms with van der Waals surface area (Å²) in [5, 5.41) is 6.23. The lowest BCUT2D eigenvalue weighted by Crippen LogP contribution is -2.21. The van der Waals surface area contributed by atoms with Crippen molar-refractivity contribution in [2.24, 2.45) is 0 Å². The zero-order chi connectivity index (χ0) is 15.5. The average molecular weight is 322 g/mol. The number of alkyl halides is 3. The van der Waals surface area contributed by atoms with Crippen LogP contribution in [0.5, 0.6) is 5.75 Å². The number of nitrogens with zero attached hydrogens (tertiary/aromatic N) is 3. The Bertz CT molecular complexity index is 617. The summed E-state index contributed by atoms with van der Waals surface area (Å²) in [6.07, 6.45) is -4.66. The SMILES string of the molecule is Nn1c(SCCOc2ccccc2F)nnc1C(F)(F)F. The van der Waals surface area contributed by atoms with E-state index in [0.717, 1.165) is 11.8 Å². The van der Waals surface area contributed by atoms with Gasteiger partial charge in [-0.25, -0.2) is 9.07 Å². The number of nitrogen functional groups attached to an aromatic ring is 1. The highest BCUT2D eigenvalue weighted by Crippen LogP contribution is 2.28. The van der Waals surface area contributed by atoms with Crippen LogP contribution in [0.15, 0.2) is 29.4 Å². The number of thioether (sulfide) groups is 1. The summed E-state index contributed by atoms with van der Waals surface area (Å²) in [7, 11) is 0. The van der Waals surface area contributed by atoms with Crippen LogP contribution in [0.25, 0.3) is 0 Å². The number of ether oxygens (including phenoxy) is 1. The molecule has 114 valence electrons. The Morgan fingerprint density at radius 3 is 2.57 bits per heavy atom. The third kappa shape index (κ3) is 3.78. The highest BCUT2D eigenvalue weighted by Gasteiger charge is 2.38. The van der Waals surface area contributed by atoms with Crippen LogP contribution in [0.3, 0.4) is 0 Å². The Kier molecular flexibility index (Phi) is 4.56. The quantitative estimate of drug-likeness (QED) is 0.396. The van der Waals surface area contributed by atoms with Crippen LogP contribution in [0.4, 0.5) is 17.6 Å². The number of nitrogens with two attached hydrogens (primary N) is 1. The fraction of sp³-hybridized carbons (Fsp3) is 0.273. The maximum Gasteiger partial charge on any atom is 0.453 e. The van der Waals surface area contributed by atoms with Crippen molar-refractivity contribution in [1.82, 2.24) is 14.9 Å². The van der Waals surface area contributed by atoms with Gasteiger partial charge in [0.15, 0.2) is 11.6 Å². The maximum atomic E-state index is 13.2. The van der Waals surface area contributed by atoms with E-state index in [0.29, 0.717) is 4.68 Å². The van der Waals surface area contributed by atoms with E-state index < -0.39 is 17.8 Å². The van der Waals surface area contributed by atoms with Gasteiger partial charge in [-0.3, -0.25) is 0 Å².